The number of carbonyl (C=O) groups is 1. The highest BCUT2D eigenvalue weighted by Gasteiger charge is 2.26. The zero-order valence-electron chi connectivity index (χ0n) is 47.9. The fourth-order valence-corrected chi connectivity index (χ4v) is 10.6. The van der Waals surface area contributed by atoms with Crippen LogP contribution in [0.3, 0.4) is 0 Å². The molecule has 0 aliphatic heterocycles. The second kappa shape index (κ2) is 60.6. The van der Waals surface area contributed by atoms with Crippen LogP contribution >= 0.6 is 0 Å². The lowest BCUT2D eigenvalue weighted by molar-refractivity contribution is -0.124. The number of allylic oxidation sites excluding steroid dienone is 2. The van der Waals surface area contributed by atoms with Gasteiger partial charge in [0.05, 0.1) is 18.8 Å². The smallest absolute Gasteiger partial charge is 0.220 e. The van der Waals surface area contributed by atoms with Gasteiger partial charge in [0.2, 0.25) is 5.91 Å². The number of carbonyl (C=O) groups excluding carboxylic acids is 1. The summed E-state index contributed by atoms with van der Waals surface area (Å²) in [6.45, 7) is 4.23. The van der Waals surface area contributed by atoms with Gasteiger partial charge in [-0.15, -0.1) is 0 Å². The van der Waals surface area contributed by atoms with Gasteiger partial charge in [0.1, 0.15) is 6.10 Å². The third kappa shape index (κ3) is 54.9. The number of amides is 1. The molecular formula is C65H129NO4. The minimum absolute atomic E-state index is 0.136. The molecule has 0 fully saturated rings. The van der Waals surface area contributed by atoms with Gasteiger partial charge in [-0.1, -0.05) is 341 Å². The van der Waals surface area contributed by atoms with Crippen LogP contribution in [-0.2, 0) is 4.79 Å². The van der Waals surface area contributed by atoms with E-state index < -0.39 is 18.2 Å². The zero-order valence-corrected chi connectivity index (χ0v) is 47.9. The zero-order chi connectivity index (χ0) is 50.7. The van der Waals surface area contributed by atoms with Crippen LogP contribution in [0.25, 0.3) is 0 Å². The summed E-state index contributed by atoms with van der Waals surface area (Å²) in [4.78, 5) is 12.6. The maximum absolute atomic E-state index is 12.6. The fourth-order valence-electron chi connectivity index (χ4n) is 10.6. The standard InChI is InChI=1S/C65H129NO4/c1-3-5-7-9-11-13-15-17-19-21-23-25-26-27-28-29-30-31-32-33-34-35-36-37-38-40-42-44-46-48-50-52-54-56-58-60-64(69)66-62(61-67)65(70)63(68)59-57-55-53-51-49-47-45-43-41-39-24-22-20-18-16-14-12-10-8-6-4-2/h29-30,62-63,65,67-68,70H,3-28,31-61H2,1-2H3,(H,66,69)/b30-29-. The Balaban J connectivity index is 3.45. The number of hydrogen-bond acceptors (Lipinski definition) is 4. The average molecular weight is 989 g/mol. The second-order valence-electron chi connectivity index (χ2n) is 22.7. The van der Waals surface area contributed by atoms with Crippen molar-refractivity contribution in [3.63, 3.8) is 0 Å². The Morgan fingerprint density at radius 1 is 0.343 bits per heavy atom. The van der Waals surface area contributed by atoms with E-state index in [0.29, 0.717) is 12.8 Å². The SMILES string of the molecule is CCCCCCCCCCCCCCCC/C=C\CCCCCCCCCCCCCCCCCCCC(=O)NC(CO)C(O)C(O)CCCCCCCCCCCCCCCCCCCCCCC. The Labute approximate surface area is 440 Å². The molecule has 4 N–H and O–H groups in total. The van der Waals surface area contributed by atoms with Crippen LogP contribution in [0.1, 0.15) is 373 Å². The summed E-state index contributed by atoms with van der Waals surface area (Å²) in [5, 5.41) is 33.9. The Morgan fingerprint density at radius 3 is 0.829 bits per heavy atom. The van der Waals surface area contributed by atoms with Crippen molar-refractivity contribution in [3.8, 4) is 0 Å². The largest absolute Gasteiger partial charge is 0.394 e. The molecule has 0 aromatic rings. The molecule has 0 aromatic carbocycles. The monoisotopic (exact) mass is 988 g/mol. The van der Waals surface area contributed by atoms with Crippen LogP contribution in [0, 0.1) is 0 Å². The lowest BCUT2D eigenvalue weighted by atomic mass is 9.99. The van der Waals surface area contributed by atoms with Gasteiger partial charge in [0.25, 0.3) is 0 Å². The van der Waals surface area contributed by atoms with Crippen molar-refractivity contribution in [1.82, 2.24) is 5.32 Å². The van der Waals surface area contributed by atoms with E-state index in [2.05, 4.69) is 31.3 Å². The fraction of sp³-hybridized carbons (Fsp3) is 0.954. The van der Waals surface area contributed by atoms with Crippen molar-refractivity contribution >= 4 is 5.91 Å². The first-order chi connectivity index (χ1) is 34.6. The van der Waals surface area contributed by atoms with Crippen molar-refractivity contribution in [2.75, 3.05) is 6.61 Å². The van der Waals surface area contributed by atoms with E-state index in [1.165, 1.54) is 315 Å². The van der Waals surface area contributed by atoms with Crippen molar-refractivity contribution in [3.05, 3.63) is 12.2 Å². The molecule has 3 atom stereocenters. The molecule has 0 spiro atoms. The normalized spacial score (nSPS) is 13.2. The third-order valence-electron chi connectivity index (χ3n) is 15.6. The van der Waals surface area contributed by atoms with E-state index in [4.69, 9.17) is 0 Å². The molecule has 0 rings (SSSR count). The van der Waals surface area contributed by atoms with Crippen LogP contribution in [0.15, 0.2) is 12.2 Å². The summed E-state index contributed by atoms with van der Waals surface area (Å²) >= 11 is 0. The van der Waals surface area contributed by atoms with Gasteiger partial charge in [-0.2, -0.15) is 0 Å². The van der Waals surface area contributed by atoms with Gasteiger partial charge >= 0.3 is 0 Å². The van der Waals surface area contributed by atoms with Crippen LogP contribution in [-0.4, -0.2) is 46.1 Å². The van der Waals surface area contributed by atoms with E-state index in [9.17, 15) is 20.1 Å². The highest BCUT2D eigenvalue weighted by molar-refractivity contribution is 5.76. The predicted octanol–water partition coefficient (Wildman–Crippen LogP) is 20.6. The van der Waals surface area contributed by atoms with Gasteiger partial charge < -0.3 is 20.6 Å². The Kier molecular flexibility index (Phi) is 59.9. The van der Waals surface area contributed by atoms with Gasteiger partial charge in [-0.25, -0.2) is 0 Å². The molecule has 70 heavy (non-hydrogen) atoms. The first-order valence-corrected chi connectivity index (χ1v) is 32.5. The molecule has 0 radical (unpaired) electrons. The number of nitrogens with one attached hydrogen (secondary N) is 1. The van der Waals surface area contributed by atoms with E-state index in [0.717, 1.165) is 32.1 Å². The van der Waals surface area contributed by atoms with E-state index in [-0.39, 0.29) is 12.5 Å². The Morgan fingerprint density at radius 2 is 0.571 bits per heavy atom. The summed E-state index contributed by atoms with van der Waals surface area (Å²) in [6.07, 6.45) is 76.9. The summed E-state index contributed by atoms with van der Waals surface area (Å²) in [5.74, 6) is -0.136. The molecule has 418 valence electrons. The molecule has 5 heteroatoms. The minimum Gasteiger partial charge on any atom is -0.394 e. The van der Waals surface area contributed by atoms with Crippen molar-refractivity contribution in [1.29, 1.82) is 0 Å². The first kappa shape index (κ1) is 69.1. The van der Waals surface area contributed by atoms with Crippen molar-refractivity contribution in [2.24, 2.45) is 0 Å². The summed E-state index contributed by atoms with van der Waals surface area (Å²) in [5.41, 5.74) is 0. The Bertz CT molecular complexity index is 1000. The summed E-state index contributed by atoms with van der Waals surface area (Å²) in [7, 11) is 0. The van der Waals surface area contributed by atoms with Crippen molar-refractivity contribution in [2.45, 2.75) is 392 Å². The molecule has 3 unspecified atom stereocenters. The highest BCUT2D eigenvalue weighted by atomic mass is 16.3. The molecule has 0 saturated heterocycles. The van der Waals surface area contributed by atoms with E-state index in [1.807, 2.05) is 0 Å². The van der Waals surface area contributed by atoms with Gasteiger partial charge in [0.15, 0.2) is 0 Å². The summed E-state index contributed by atoms with van der Waals surface area (Å²) in [6, 6.07) is -0.807. The average Bonchev–Trinajstić information content (AvgIpc) is 3.36. The molecule has 0 saturated carbocycles. The van der Waals surface area contributed by atoms with Crippen LogP contribution in [0.2, 0.25) is 0 Å². The maximum Gasteiger partial charge on any atom is 0.220 e. The lowest BCUT2D eigenvalue weighted by Gasteiger charge is -2.26. The van der Waals surface area contributed by atoms with Gasteiger partial charge in [-0.3, -0.25) is 4.79 Å². The van der Waals surface area contributed by atoms with Gasteiger partial charge in [-0.05, 0) is 38.5 Å². The molecule has 0 aliphatic rings. The molecule has 0 heterocycles. The summed E-state index contributed by atoms with van der Waals surface area (Å²) < 4.78 is 0. The molecule has 0 aromatic heterocycles. The lowest BCUT2D eigenvalue weighted by Crippen LogP contribution is -2.50. The van der Waals surface area contributed by atoms with E-state index in [1.54, 1.807) is 0 Å². The maximum atomic E-state index is 12.6. The first-order valence-electron chi connectivity index (χ1n) is 32.5. The molecule has 1 amide bonds. The number of aliphatic hydroxyl groups excluding tert-OH is 3. The molecule has 5 nitrogen and oxygen atoms in total. The predicted molar refractivity (Wildman–Crippen MR) is 310 cm³/mol. The van der Waals surface area contributed by atoms with Crippen molar-refractivity contribution < 1.29 is 20.1 Å². The number of rotatable bonds is 61. The number of hydrogen-bond donors (Lipinski definition) is 4. The molecule has 0 bridgehead atoms. The Hall–Kier alpha value is -0.910. The number of aliphatic hydroxyl groups is 3. The quantitative estimate of drug-likeness (QED) is 0.0361. The second-order valence-corrected chi connectivity index (χ2v) is 22.7. The van der Waals surface area contributed by atoms with Crippen LogP contribution in [0.4, 0.5) is 0 Å². The minimum atomic E-state index is -1.13. The van der Waals surface area contributed by atoms with Crippen LogP contribution in [0.5, 0.6) is 0 Å². The topological polar surface area (TPSA) is 89.8 Å². The third-order valence-corrected chi connectivity index (χ3v) is 15.6. The number of unbranched alkanes of at least 4 members (excludes halogenated alkanes) is 51. The highest BCUT2D eigenvalue weighted by Crippen LogP contribution is 2.19. The van der Waals surface area contributed by atoms with Crippen LogP contribution < -0.4 is 5.32 Å². The van der Waals surface area contributed by atoms with Gasteiger partial charge in [0, 0.05) is 6.42 Å². The van der Waals surface area contributed by atoms with E-state index >= 15 is 0 Å². The molecular weight excluding hydrogens is 859 g/mol. The molecule has 0 aliphatic carbocycles.